The highest BCUT2D eigenvalue weighted by atomic mass is 32.2. The Kier molecular flexibility index (Phi) is 3.14. The van der Waals surface area contributed by atoms with E-state index >= 15 is 0 Å². The van der Waals surface area contributed by atoms with Gasteiger partial charge in [0.25, 0.3) is 0 Å². The molecule has 1 aromatic rings. The number of carbonyl (C=O) groups is 1. The highest BCUT2D eigenvalue weighted by molar-refractivity contribution is 8.00. The first-order valence-electron chi connectivity index (χ1n) is 4.92. The van der Waals surface area contributed by atoms with Gasteiger partial charge in [0.1, 0.15) is 5.25 Å². The molecular weight excluding hydrogens is 234 g/mol. The maximum atomic E-state index is 12.9. The second kappa shape index (κ2) is 4.41. The van der Waals surface area contributed by atoms with Crippen molar-refractivity contribution in [2.45, 2.75) is 23.0 Å². The molecule has 1 fully saturated rings. The Morgan fingerprint density at radius 2 is 2.06 bits per heavy atom. The number of aliphatic carboxylic acids is 1. The standard InChI is InChI=1S/C11H10F2O2S/c12-8-4-3-7(5-9(8)13)16-10(11(14)15)6-1-2-6/h3-6,10H,1-2H2,(H,14,15). The van der Waals surface area contributed by atoms with Crippen molar-refractivity contribution >= 4 is 17.7 Å². The Balaban J connectivity index is 2.12. The number of hydrogen-bond donors (Lipinski definition) is 1. The molecule has 5 heteroatoms. The van der Waals surface area contributed by atoms with E-state index in [1.54, 1.807) is 0 Å². The molecule has 0 heterocycles. The summed E-state index contributed by atoms with van der Waals surface area (Å²) in [6.45, 7) is 0. The zero-order valence-electron chi connectivity index (χ0n) is 8.32. The van der Waals surface area contributed by atoms with Gasteiger partial charge in [-0.1, -0.05) is 0 Å². The molecule has 1 unspecified atom stereocenters. The summed E-state index contributed by atoms with van der Waals surface area (Å²) < 4.78 is 25.6. The van der Waals surface area contributed by atoms with Gasteiger partial charge in [-0.3, -0.25) is 4.79 Å². The highest BCUT2D eigenvalue weighted by Crippen LogP contribution is 2.41. The third-order valence-corrected chi connectivity index (χ3v) is 3.81. The van der Waals surface area contributed by atoms with Crippen molar-refractivity contribution < 1.29 is 18.7 Å². The van der Waals surface area contributed by atoms with Crippen LogP contribution in [0.2, 0.25) is 0 Å². The molecule has 2 rings (SSSR count). The summed E-state index contributed by atoms with van der Waals surface area (Å²) in [5, 5.41) is 8.43. The van der Waals surface area contributed by atoms with Crippen LogP contribution in [0.4, 0.5) is 8.78 Å². The van der Waals surface area contributed by atoms with Crippen LogP contribution in [0, 0.1) is 17.6 Å². The van der Waals surface area contributed by atoms with E-state index in [9.17, 15) is 13.6 Å². The fourth-order valence-corrected chi connectivity index (χ4v) is 2.62. The lowest BCUT2D eigenvalue weighted by atomic mass is 10.3. The quantitative estimate of drug-likeness (QED) is 0.827. The molecule has 1 N–H and O–H groups in total. The van der Waals surface area contributed by atoms with Gasteiger partial charge in [-0.05, 0) is 37.0 Å². The van der Waals surface area contributed by atoms with Crippen LogP contribution in [0.15, 0.2) is 23.1 Å². The van der Waals surface area contributed by atoms with Crippen LogP contribution >= 0.6 is 11.8 Å². The summed E-state index contributed by atoms with van der Waals surface area (Å²) in [6, 6.07) is 3.46. The van der Waals surface area contributed by atoms with Gasteiger partial charge in [-0.2, -0.15) is 0 Å². The summed E-state index contributed by atoms with van der Waals surface area (Å²) in [5.41, 5.74) is 0. The average Bonchev–Trinajstić information content (AvgIpc) is 3.03. The van der Waals surface area contributed by atoms with Crippen LogP contribution in [0.1, 0.15) is 12.8 Å². The summed E-state index contributed by atoms with van der Waals surface area (Å²) >= 11 is 1.08. The fourth-order valence-electron chi connectivity index (χ4n) is 1.44. The monoisotopic (exact) mass is 244 g/mol. The van der Waals surface area contributed by atoms with Crippen LogP contribution in [0.5, 0.6) is 0 Å². The van der Waals surface area contributed by atoms with Gasteiger partial charge in [0.05, 0.1) is 0 Å². The third-order valence-electron chi connectivity index (χ3n) is 2.45. The minimum absolute atomic E-state index is 0.163. The van der Waals surface area contributed by atoms with Gasteiger partial charge in [0, 0.05) is 4.90 Å². The second-order valence-corrected chi connectivity index (χ2v) is 5.01. The van der Waals surface area contributed by atoms with Gasteiger partial charge < -0.3 is 5.11 Å². The van der Waals surface area contributed by atoms with Crippen molar-refractivity contribution in [3.05, 3.63) is 29.8 Å². The second-order valence-electron chi connectivity index (χ2n) is 3.79. The first-order chi connectivity index (χ1) is 7.58. The summed E-state index contributed by atoms with van der Waals surface area (Å²) in [4.78, 5) is 11.4. The van der Waals surface area contributed by atoms with Gasteiger partial charge in [-0.15, -0.1) is 11.8 Å². The zero-order valence-corrected chi connectivity index (χ0v) is 9.14. The molecule has 0 radical (unpaired) electrons. The molecule has 0 saturated heterocycles. The maximum Gasteiger partial charge on any atom is 0.317 e. The van der Waals surface area contributed by atoms with Gasteiger partial charge in [0.2, 0.25) is 0 Å². The lowest BCUT2D eigenvalue weighted by Crippen LogP contribution is -2.18. The topological polar surface area (TPSA) is 37.3 Å². The molecule has 1 atom stereocenters. The predicted octanol–water partition coefficient (Wildman–Crippen LogP) is 2.92. The molecule has 1 saturated carbocycles. The Morgan fingerprint density at radius 3 is 2.56 bits per heavy atom. The molecule has 1 aromatic carbocycles. The van der Waals surface area contributed by atoms with Gasteiger partial charge >= 0.3 is 5.97 Å². The zero-order chi connectivity index (χ0) is 11.7. The molecule has 86 valence electrons. The molecule has 0 bridgehead atoms. The normalized spacial score (nSPS) is 17.1. The van der Waals surface area contributed by atoms with Crippen molar-refractivity contribution in [2.24, 2.45) is 5.92 Å². The number of benzene rings is 1. The smallest absolute Gasteiger partial charge is 0.317 e. The Bertz CT molecular complexity index is 418. The number of hydrogen-bond acceptors (Lipinski definition) is 2. The molecule has 1 aliphatic rings. The number of carboxylic acid groups (broad SMARTS) is 1. The molecule has 0 aliphatic heterocycles. The number of thioether (sulfide) groups is 1. The van der Waals surface area contributed by atoms with Crippen LogP contribution < -0.4 is 0 Å². The lowest BCUT2D eigenvalue weighted by Gasteiger charge is -2.10. The van der Waals surface area contributed by atoms with Gasteiger partial charge in [-0.25, -0.2) is 8.78 Å². The summed E-state index contributed by atoms with van der Waals surface area (Å²) in [5.74, 6) is -2.58. The minimum Gasteiger partial charge on any atom is -0.480 e. The van der Waals surface area contributed by atoms with Crippen LogP contribution in [0.3, 0.4) is 0 Å². The number of halogens is 2. The van der Waals surface area contributed by atoms with E-state index in [1.807, 2.05) is 0 Å². The number of rotatable bonds is 4. The van der Waals surface area contributed by atoms with Crippen LogP contribution in [-0.2, 0) is 4.79 Å². The van der Waals surface area contributed by atoms with Crippen molar-refractivity contribution in [1.82, 2.24) is 0 Å². The number of carboxylic acids is 1. The lowest BCUT2D eigenvalue weighted by molar-refractivity contribution is -0.136. The van der Waals surface area contributed by atoms with E-state index in [1.165, 1.54) is 6.07 Å². The van der Waals surface area contributed by atoms with Crippen molar-refractivity contribution in [2.75, 3.05) is 0 Å². The fraction of sp³-hybridized carbons (Fsp3) is 0.364. The Morgan fingerprint density at radius 1 is 1.38 bits per heavy atom. The first kappa shape index (κ1) is 11.4. The van der Waals surface area contributed by atoms with Crippen LogP contribution in [0.25, 0.3) is 0 Å². The minimum atomic E-state index is -0.940. The van der Waals surface area contributed by atoms with E-state index in [2.05, 4.69) is 0 Å². The van der Waals surface area contributed by atoms with Crippen molar-refractivity contribution in [1.29, 1.82) is 0 Å². The van der Waals surface area contributed by atoms with Crippen molar-refractivity contribution in [3.8, 4) is 0 Å². The largest absolute Gasteiger partial charge is 0.480 e. The van der Waals surface area contributed by atoms with E-state index in [-0.39, 0.29) is 5.92 Å². The summed E-state index contributed by atoms with van der Waals surface area (Å²) in [7, 11) is 0. The molecule has 0 spiro atoms. The Labute approximate surface area is 95.7 Å². The van der Waals surface area contributed by atoms with Crippen molar-refractivity contribution in [3.63, 3.8) is 0 Å². The van der Waals surface area contributed by atoms with Crippen LogP contribution in [-0.4, -0.2) is 16.3 Å². The predicted molar refractivity (Wildman–Crippen MR) is 56.4 cm³/mol. The molecular formula is C11H10F2O2S. The van der Waals surface area contributed by atoms with Gasteiger partial charge in [0.15, 0.2) is 11.6 Å². The molecule has 0 amide bonds. The van der Waals surface area contributed by atoms with E-state index in [0.717, 1.165) is 36.7 Å². The average molecular weight is 244 g/mol. The van der Waals surface area contributed by atoms with E-state index < -0.39 is 22.9 Å². The SMILES string of the molecule is O=C(O)C(Sc1ccc(F)c(F)c1)C1CC1. The highest BCUT2D eigenvalue weighted by Gasteiger charge is 2.36. The first-order valence-corrected chi connectivity index (χ1v) is 5.80. The van der Waals surface area contributed by atoms with E-state index in [4.69, 9.17) is 5.11 Å². The maximum absolute atomic E-state index is 12.9. The molecule has 1 aliphatic carbocycles. The molecule has 0 aromatic heterocycles. The Hall–Kier alpha value is -1.10. The molecule has 16 heavy (non-hydrogen) atoms. The molecule has 2 nitrogen and oxygen atoms in total. The third kappa shape index (κ3) is 2.52. The summed E-state index contributed by atoms with van der Waals surface area (Å²) in [6.07, 6.45) is 1.79. The van der Waals surface area contributed by atoms with E-state index in [0.29, 0.717) is 4.90 Å².